The number of hydrogen-bond acceptors (Lipinski definition) is 6. The summed E-state index contributed by atoms with van der Waals surface area (Å²) in [5.74, 6) is 0. The Morgan fingerprint density at radius 3 is 2.50 bits per heavy atom. The van der Waals surface area contributed by atoms with Gasteiger partial charge in [-0.15, -0.1) is 11.3 Å². The number of hydrogen-bond donors (Lipinski definition) is 1. The predicted molar refractivity (Wildman–Crippen MR) is 116 cm³/mol. The summed E-state index contributed by atoms with van der Waals surface area (Å²) >= 11 is 7.58. The van der Waals surface area contributed by atoms with Crippen LogP contribution in [-0.2, 0) is 10.0 Å². The first-order valence-corrected chi connectivity index (χ1v) is 11.8. The number of halogens is 1. The van der Waals surface area contributed by atoms with Gasteiger partial charge in [0.05, 0.1) is 15.2 Å². The highest BCUT2D eigenvalue weighted by Crippen LogP contribution is 2.32. The van der Waals surface area contributed by atoms with Crippen molar-refractivity contribution < 1.29 is 8.42 Å². The highest BCUT2D eigenvalue weighted by molar-refractivity contribution is 7.93. The van der Waals surface area contributed by atoms with E-state index < -0.39 is 10.0 Å². The third-order valence-electron chi connectivity index (χ3n) is 4.98. The number of thiazole rings is 1. The SMILES string of the molecule is CCN1CCN(c2ccc(NS(=O)(=O)c3c(Cl)ccc4scnc34)cc2)CC1. The van der Waals surface area contributed by atoms with Crippen molar-refractivity contribution in [3.05, 3.63) is 46.9 Å². The van der Waals surface area contributed by atoms with Crippen LogP contribution in [0.25, 0.3) is 10.2 Å². The molecule has 148 valence electrons. The fraction of sp³-hybridized carbons (Fsp3) is 0.316. The van der Waals surface area contributed by atoms with E-state index >= 15 is 0 Å². The molecule has 1 aliphatic heterocycles. The van der Waals surface area contributed by atoms with Crippen LogP contribution in [0.2, 0.25) is 5.02 Å². The number of fused-ring (bicyclic) bond motifs is 1. The molecule has 1 aliphatic rings. The van der Waals surface area contributed by atoms with Crippen molar-refractivity contribution in [1.82, 2.24) is 9.88 Å². The van der Waals surface area contributed by atoms with Crippen LogP contribution >= 0.6 is 22.9 Å². The summed E-state index contributed by atoms with van der Waals surface area (Å²) in [5, 5.41) is 0.163. The van der Waals surface area contributed by atoms with Crippen LogP contribution in [0.4, 0.5) is 11.4 Å². The van der Waals surface area contributed by atoms with Gasteiger partial charge in [0.25, 0.3) is 10.0 Å². The monoisotopic (exact) mass is 436 g/mol. The molecule has 0 radical (unpaired) electrons. The van der Waals surface area contributed by atoms with Crippen molar-refractivity contribution >= 4 is 54.6 Å². The van der Waals surface area contributed by atoms with E-state index in [1.807, 2.05) is 12.1 Å². The Labute approximate surface area is 173 Å². The Kier molecular flexibility index (Phi) is 5.46. The average Bonchev–Trinajstić information content (AvgIpc) is 3.16. The van der Waals surface area contributed by atoms with Gasteiger partial charge >= 0.3 is 0 Å². The van der Waals surface area contributed by atoms with E-state index in [2.05, 4.69) is 26.4 Å². The van der Waals surface area contributed by atoms with Crippen LogP contribution in [0.15, 0.2) is 46.8 Å². The normalized spacial score (nSPS) is 15.9. The molecule has 0 saturated carbocycles. The minimum atomic E-state index is -3.85. The van der Waals surface area contributed by atoms with E-state index in [0.717, 1.165) is 43.1 Å². The minimum absolute atomic E-state index is 0.0210. The minimum Gasteiger partial charge on any atom is -0.369 e. The van der Waals surface area contributed by atoms with Crippen LogP contribution < -0.4 is 9.62 Å². The summed E-state index contributed by atoms with van der Waals surface area (Å²) in [5.41, 5.74) is 3.61. The van der Waals surface area contributed by atoms with Gasteiger partial charge in [0, 0.05) is 37.6 Å². The standard InChI is InChI=1S/C19H21ClN4O2S2/c1-2-23-9-11-24(12-10-23)15-5-3-14(4-6-15)22-28(25,26)19-16(20)7-8-17-18(19)21-13-27-17/h3-8,13,22H,2,9-12H2,1H3. The smallest absolute Gasteiger partial charge is 0.265 e. The highest BCUT2D eigenvalue weighted by atomic mass is 35.5. The molecule has 6 nitrogen and oxygen atoms in total. The fourth-order valence-corrected chi connectivity index (χ4v) is 5.90. The first-order valence-electron chi connectivity index (χ1n) is 9.10. The highest BCUT2D eigenvalue weighted by Gasteiger charge is 2.23. The summed E-state index contributed by atoms with van der Waals surface area (Å²) in [6, 6.07) is 10.8. The van der Waals surface area contributed by atoms with Gasteiger partial charge in [-0.3, -0.25) is 4.72 Å². The van der Waals surface area contributed by atoms with E-state index in [4.69, 9.17) is 11.6 Å². The van der Waals surface area contributed by atoms with Crippen molar-refractivity contribution in [2.75, 3.05) is 42.3 Å². The third kappa shape index (κ3) is 3.82. The lowest BCUT2D eigenvalue weighted by atomic mass is 10.2. The van der Waals surface area contributed by atoms with Gasteiger partial charge in [-0.1, -0.05) is 18.5 Å². The summed E-state index contributed by atoms with van der Waals surface area (Å²) in [6.07, 6.45) is 0. The largest absolute Gasteiger partial charge is 0.369 e. The van der Waals surface area contributed by atoms with E-state index in [1.165, 1.54) is 11.3 Å². The molecule has 0 aliphatic carbocycles. The number of likely N-dealkylation sites (N-methyl/N-ethyl adjacent to an activating group) is 1. The Morgan fingerprint density at radius 1 is 1.11 bits per heavy atom. The van der Waals surface area contributed by atoms with E-state index in [0.29, 0.717) is 11.2 Å². The summed E-state index contributed by atoms with van der Waals surface area (Å²) in [4.78, 5) is 8.94. The van der Waals surface area contributed by atoms with Gasteiger partial charge in [-0.05, 0) is 42.9 Å². The first-order chi connectivity index (χ1) is 13.5. The lowest BCUT2D eigenvalue weighted by Gasteiger charge is -2.35. The maximum Gasteiger partial charge on any atom is 0.265 e. The van der Waals surface area contributed by atoms with Crippen molar-refractivity contribution in [3.63, 3.8) is 0 Å². The van der Waals surface area contributed by atoms with Crippen molar-refractivity contribution in [1.29, 1.82) is 0 Å². The fourth-order valence-electron chi connectivity index (χ4n) is 3.41. The number of nitrogens with one attached hydrogen (secondary N) is 1. The van der Waals surface area contributed by atoms with Gasteiger partial charge in [-0.2, -0.15) is 0 Å². The number of sulfonamides is 1. The van der Waals surface area contributed by atoms with E-state index in [1.54, 1.807) is 29.8 Å². The number of anilines is 2. The van der Waals surface area contributed by atoms with Crippen LogP contribution in [0.1, 0.15) is 6.92 Å². The zero-order chi connectivity index (χ0) is 19.7. The van der Waals surface area contributed by atoms with Crippen molar-refractivity contribution in [2.45, 2.75) is 11.8 Å². The second-order valence-corrected chi connectivity index (χ2v) is 9.56. The lowest BCUT2D eigenvalue weighted by Crippen LogP contribution is -2.46. The van der Waals surface area contributed by atoms with E-state index in [9.17, 15) is 8.42 Å². The molecule has 2 heterocycles. The molecule has 28 heavy (non-hydrogen) atoms. The second kappa shape index (κ2) is 7.87. The molecule has 2 aromatic carbocycles. The molecule has 1 fully saturated rings. The summed E-state index contributed by atoms with van der Waals surface area (Å²) < 4.78 is 29.3. The molecule has 0 bridgehead atoms. The number of nitrogens with zero attached hydrogens (tertiary/aromatic N) is 3. The zero-order valence-electron chi connectivity index (χ0n) is 15.4. The maximum atomic E-state index is 12.9. The van der Waals surface area contributed by atoms with Gasteiger partial charge in [-0.25, -0.2) is 13.4 Å². The number of aromatic nitrogens is 1. The molecule has 3 aromatic rings. The Hall–Kier alpha value is -1.87. The maximum absolute atomic E-state index is 12.9. The molecule has 1 N–H and O–H groups in total. The molecule has 0 amide bonds. The number of rotatable bonds is 5. The average molecular weight is 437 g/mol. The van der Waals surface area contributed by atoms with Crippen molar-refractivity contribution in [3.8, 4) is 0 Å². The zero-order valence-corrected chi connectivity index (χ0v) is 17.8. The molecule has 4 rings (SSSR count). The molecule has 9 heteroatoms. The molecular formula is C19H21ClN4O2S2. The molecule has 0 atom stereocenters. The quantitative estimate of drug-likeness (QED) is 0.657. The Balaban J connectivity index is 1.54. The molecule has 0 spiro atoms. The lowest BCUT2D eigenvalue weighted by molar-refractivity contribution is 0.271. The topological polar surface area (TPSA) is 65.5 Å². The molecule has 1 saturated heterocycles. The first kappa shape index (κ1) is 19.4. The van der Waals surface area contributed by atoms with Crippen molar-refractivity contribution in [2.24, 2.45) is 0 Å². The second-order valence-electron chi connectivity index (χ2n) is 6.65. The van der Waals surface area contributed by atoms with Gasteiger partial charge in [0.1, 0.15) is 10.4 Å². The molecule has 1 aromatic heterocycles. The Bertz CT molecular complexity index is 1080. The van der Waals surface area contributed by atoms with Gasteiger partial charge < -0.3 is 9.80 Å². The molecule has 0 unspecified atom stereocenters. The van der Waals surface area contributed by atoms with Crippen LogP contribution in [0, 0.1) is 0 Å². The predicted octanol–water partition coefficient (Wildman–Crippen LogP) is 3.89. The molecular weight excluding hydrogens is 416 g/mol. The third-order valence-corrected chi connectivity index (χ3v) is 7.66. The van der Waals surface area contributed by atoms with Crippen LogP contribution in [0.5, 0.6) is 0 Å². The Morgan fingerprint density at radius 2 is 1.82 bits per heavy atom. The van der Waals surface area contributed by atoms with Crippen LogP contribution in [-0.4, -0.2) is 51.0 Å². The van der Waals surface area contributed by atoms with Crippen LogP contribution in [0.3, 0.4) is 0 Å². The summed E-state index contributed by atoms with van der Waals surface area (Å²) in [7, 11) is -3.85. The number of benzene rings is 2. The van der Waals surface area contributed by atoms with Gasteiger partial charge in [0.15, 0.2) is 0 Å². The van der Waals surface area contributed by atoms with Gasteiger partial charge in [0.2, 0.25) is 0 Å². The van der Waals surface area contributed by atoms with E-state index in [-0.39, 0.29) is 9.92 Å². The number of piperazine rings is 1. The summed E-state index contributed by atoms with van der Waals surface area (Å²) in [6.45, 7) is 7.28.